The van der Waals surface area contributed by atoms with Crippen molar-refractivity contribution in [2.24, 2.45) is 5.73 Å². The van der Waals surface area contributed by atoms with Crippen molar-refractivity contribution in [1.29, 1.82) is 5.26 Å². The molecule has 0 aromatic carbocycles. The number of hydrogen-bond acceptors (Lipinski definition) is 5. The molecule has 1 unspecified atom stereocenters. The van der Waals surface area contributed by atoms with E-state index in [-0.39, 0.29) is 0 Å². The van der Waals surface area contributed by atoms with Crippen molar-refractivity contribution in [1.82, 2.24) is 9.97 Å². The topological polar surface area (TPSA) is 75.6 Å². The van der Waals surface area contributed by atoms with E-state index in [0.717, 1.165) is 47.1 Å². The molecule has 0 aliphatic rings. The maximum Gasteiger partial charge on any atom is 0.187 e. The summed E-state index contributed by atoms with van der Waals surface area (Å²) in [6.45, 7) is 7.85. The van der Waals surface area contributed by atoms with Crippen LogP contribution in [0.5, 0.6) is 0 Å². The molecule has 0 aliphatic carbocycles. The zero-order valence-electron chi connectivity index (χ0n) is 12.2. The van der Waals surface area contributed by atoms with Gasteiger partial charge in [-0.05, 0) is 52.5 Å². The summed E-state index contributed by atoms with van der Waals surface area (Å²) in [7, 11) is 0. The molecule has 1 atom stereocenters. The Balaban J connectivity index is 2.37. The van der Waals surface area contributed by atoms with Crippen molar-refractivity contribution in [2.45, 2.75) is 57.7 Å². The van der Waals surface area contributed by atoms with E-state index < -0.39 is 5.54 Å². The van der Waals surface area contributed by atoms with Crippen LogP contribution in [0.15, 0.2) is 5.16 Å². The third kappa shape index (κ3) is 5.17. The average molecular weight is 278 g/mol. The molecule has 0 amide bonds. The molecule has 2 N–H and O–H groups in total. The van der Waals surface area contributed by atoms with Crippen molar-refractivity contribution in [3.63, 3.8) is 0 Å². The van der Waals surface area contributed by atoms with Gasteiger partial charge in [0, 0.05) is 17.1 Å². The first kappa shape index (κ1) is 15.9. The zero-order valence-corrected chi connectivity index (χ0v) is 13.0. The molecule has 0 saturated heterocycles. The van der Waals surface area contributed by atoms with Gasteiger partial charge in [0.05, 0.1) is 6.07 Å². The predicted molar refractivity (Wildman–Crippen MR) is 79.0 cm³/mol. The van der Waals surface area contributed by atoms with Gasteiger partial charge in [0.25, 0.3) is 0 Å². The van der Waals surface area contributed by atoms with E-state index in [2.05, 4.69) is 16.0 Å². The number of thioether (sulfide) groups is 1. The number of rotatable bonds is 6. The summed E-state index contributed by atoms with van der Waals surface area (Å²) in [6.07, 6.45) is 2.71. The van der Waals surface area contributed by atoms with Gasteiger partial charge in [0.2, 0.25) is 0 Å². The first-order valence-electron chi connectivity index (χ1n) is 6.50. The van der Waals surface area contributed by atoms with Crippen LogP contribution in [0.2, 0.25) is 0 Å². The molecule has 0 bridgehead atoms. The Kier molecular flexibility index (Phi) is 5.77. The quantitative estimate of drug-likeness (QED) is 0.492. The molecule has 4 nitrogen and oxygen atoms in total. The van der Waals surface area contributed by atoms with Crippen LogP contribution in [0.3, 0.4) is 0 Å². The number of hydrogen-bond donors (Lipinski definition) is 1. The summed E-state index contributed by atoms with van der Waals surface area (Å²) in [5.74, 6) is 0.962. The third-order valence-corrected chi connectivity index (χ3v) is 4.12. The third-order valence-electron chi connectivity index (χ3n) is 3.19. The molecule has 0 spiro atoms. The van der Waals surface area contributed by atoms with E-state index >= 15 is 0 Å². The minimum absolute atomic E-state index is 0.696. The van der Waals surface area contributed by atoms with Crippen LogP contribution in [-0.4, -0.2) is 21.3 Å². The Morgan fingerprint density at radius 1 is 1.21 bits per heavy atom. The highest BCUT2D eigenvalue weighted by molar-refractivity contribution is 7.99. The number of unbranched alkanes of at least 4 members (excludes halogenated alkanes) is 1. The van der Waals surface area contributed by atoms with Gasteiger partial charge in [-0.15, -0.1) is 0 Å². The smallest absolute Gasteiger partial charge is 0.187 e. The van der Waals surface area contributed by atoms with Crippen molar-refractivity contribution in [2.75, 3.05) is 5.75 Å². The summed E-state index contributed by atoms with van der Waals surface area (Å²) in [5.41, 5.74) is 8.34. The van der Waals surface area contributed by atoms with Crippen LogP contribution >= 0.6 is 11.8 Å². The Hall–Kier alpha value is -1.12. The van der Waals surface area contributed by atoms with Crippen LogP contribution in [-0.2, 0) is 0 Å². The first-order chi connectivity index (χ1) is 8.85. The van der Waals surface area contributed by atoms with E-state index in [9.17, 15) is 0 Å². The van der Waals surface area contributed by atoms with E-state index in [1.807, 2.05) is 20.8 Å². The van der Waals surface area contributed by atoms with Gasteiger partial charge >= 0.3 is 0 Å². The second-order valence-electron chi connectivity index (χ2n) is 5.14. The molecule has 0 fully saturated rings. The normalized spacial score (nSPS) is 13.9. The lowest BCUT2D eigenvalue weighted by Gasteiger charge is -2.14. The van der Waals surface area contributed by atoms with Crippen molar-refractivity contribution in [3.8, 4) is 6.07 Å². The van der Waals surface area contributed by atoms with Crippen molar-refractivity contribution in [3.05, 3.63) is 17.0 Å². The van der Waals surface area contributed by atoms with E-state index in [4.69, 9.17) is 11.0 Å². The SMILES string of the molecule is Cc1nc(SCCCCC(C)(N)C#N)nc(C)c1C. The lowest BCUT2D eigenvalue weighted by Crippen LogP contribution is -2.33. The molecule has 0 aliphatic heterocycles. The fraction of sp³-hybridized carbons (Fsp3) is 0.643. The van der Waals surface area contributed by atoms with Gasteiger partial charge in [-0.2, -0.15) is 5.26 Å². The van der Waals surface area contributed by atoms with Crippen LogP contribution < -0.4 is 5.73 Å². The summed E-state index contributed by atoms with van der Waals surface area (Å²) in [5, 5.41) is 9.66. The number of nitriles is 1. The monoisotopic (exact) mass is 278 g/mol. The van der Waals surface area contributed by atoms with Gasteiger partial charge < -0.3 is 5.73 Å². The Morgan fingerprint density at radius 2 is 1.79 bits per heavy atom. The largest absolute Gasteiger partial charge is 0.314 e. The summed E-state index contributed by atoms with van der Waals surface area (Å²) >= 11 is 1.67. The highest BCUT2D eigenvalue weighted by Crippen LogP contribution is 2.19. The molecular formula is C14H22N4S. The molecule has 104 valence electrons. The fourth-order valence-electron chi connectivity index (χ4n) is 1.62. The van der Waals surface area contributed by atoms with Gasteiger partial charge in [-0.3, -0.25) is 0 Å². The Labute approximate surface area is 119 Å². The van der Waals surface area contributed by atoms with Crippen LogP contribution in [0.1, 0.15) is 43.1 Å². The highest BCUT2D eigenvalue weighted by Gasteiger charge is 2.15. The molecule has 0 radical (unpaired) electrons. The standard InChI is InChI=1S/C14H22N4S/c1-10-11(2)17-13(18-12(10)3)19-8-6-5-7-14(4,16)9-15/h5-8,16H2,1-4H3. The van der Waals surface area contributed by atoms with Crippen LogP contribution in [0.4, 0.5) is 0 Å². The molecular weight excluding hydrogens is 256 g/mol. The lowest BCUT2D eigenvalue weighted by molar-refractivity contribution is 0.518. The Morgan fingerprint density at radius 3 is 2.32 bits per heavy atom. The Bertz CT molecular complexity index is 454. The molecule has 1 rings (SSSR count). The molecule has 1 heterocycles. The van der Waals surface area contributed by atoms with Gasteiger partial charge in [0.15, 0.2) is 5.16 Å². The average Bonchev–Trinajstić information content (AvgIpc) is 2.35. The summed E-state index contributed by atoms with van der Waals surface area (Å²) < 4.78 is 0. The van der Waals surface area contributed by atoms with Gasteiger partial charge in [0.1, 0.15) is 5.54 Å². The van der Waals surface area contributed by atoms with E-state index in [1.165, 1.54) is 0 Å². The molecule has 1 aromatic heterocycles. The maximum atomic E-state index is 8.82. The van der Waals surface area contributed by atoms with Gasteiger partial charge in [-0.1, -0.05) is 11.8 Å². The highest BCUT2D eigenvalue weighted by atomic mass is 32.2. The lowest BCUT2D eigenvalue weighted by atomic mass is 9.99. The van der Waals surface area contributed by atoms with Crippen LogP contribution in [0.25, 0.3) is 0 Å². The zero-order chi connectivity index (χ0) is 14.5. The predicted octanol–water partition coefficient (Wildman–Crippen LogP) is 2.91. The molecule has 0 saturated carbocycles. The number of nitrogens with two attached hydrogens (primary N) is 1. The minimum Gasteiger partial charge on any atom is -0.314 e. The van der Waals surface area contributed by atoms with Crippen molar-refractivity contribution < 1.29 is 0 Å². The second kappa shape index (κ2) is 6.88. The van der Waals surface area contributed by atoms with Crippen LogP contribution in [0, 0.1) is 32.1 Å². The fourth-order valence-corrected chi connectivity index (χ4v) is 2.55. The summed E-state index contributed by atoms with van der Waals surface area (Å²) in [6, 6.07) is 2.12. The number of nitrogens with zero attached hydrogens (tertiary/aromatic N) is 3. The first-order valence-corrected chi connectivity index (χ1v) is 7.49. The van der Waals surface area contributed by atoms with E-state index in [0.29, 0.717) is 0 Å². The molecule has 5 heteroatoms. The second-order valence-corrected chi connectivity index (χ2v) is 6.20. The number of aryl methyl sites for hydroxylation is 2. The van der Waals surface area contributed by atoms with E-state index in [1.54, 1.807) is 18.7 Å². The number of aromatic nitrogens is 2. The summed E-state index contributed by atoms with van der Waals surface area (Å²) in [4.78, 5) is 8.94. The van der Waals surface area contributed by atoms with Crippen molar-refractivity contribution >= 4 is 11.8 Å². The minimum atomic E-state index is -0.696. The maximum absolute atomic E-state index is 8.82. The van der Waals surface area contributed by atoms with Gasteiger partial charge in [-0.25, -0.2) is 9.97 Å². The molecule has 19 heavy (non-hydrogen) atoms. The molecule has 1 aromatic rings.